The summed E-state index contributed by atoms with van der Waals surface area (Å²) in [5, 5.41) is 1.04. The molecule has 1 amide bonds. The quantitative estimate of drug-likeness (QED) is 0.282. The first-order valence-corrected chi connectivity index (χ1v) is 12.6. The maximum atomic E-state index is 12.9. The van der Waals surface area contributed by atoms with Gasteiger partial charge in [0.15, 0.2) is 11.5 Å². The van der Waals surface area contributed by atoms with Gasteiger partial charge in [0.25, 0.3) is 5.91 Å². The van der Waals surface area contributed by atoms with Gasteiger partial charge in [-0.15, -0.1) is 0 Å². The number of fused-ring (bicyclic) bond motifs is 2. The first-order valence-electron chi connectivity index (χ1n) is 10.6. The van der Waals surface area contributed by atoms with Crippen molar-refractivity contribution in [3.05, 3.63) is 57.5 Å². The summed E-state index contributed by atoms with van der Waals surface area (Å²) in [5.74, 6) is 2.06. The van der Waals surface area contributed by atoms with E-state index < -0.39 is 0 Å². The van der Waals surface area contributed by atoms with Crippen LogP contribution in [0.4, 0.5) is 0 Å². The second-order valence-corrected chi connectivity index (χ2v) is 10.2. The van der Waals surface area contributed by atoms with Crippen LogP contribution in [-0.2, 0) is 16.1 Å². The number of nitrogens with zero attached hydrogens (tertiary/aromatic N) is 2. The van der Waals surface area contributed by atoms with E-state index >= 15 is 0 Å². The van der Waals surface area contributed by atoms with E-state index in [0.717, 1.165) is 32.4 Å². The SMILES string of the molecule is COCCN1C(=O)/C(=C/c2cn(CCOc3ccc4c(c3)OCO4)c3ccc(Br)cc23)SC1=S. The van der Waals surface area contributed by atoms with Crippen molar-refractivity contribution in [1.29, 1.82) is 0 Å². The number of rotatable bonds is 8. The number of hydrogen-bond acceptors (Lipinski definition) is 7. The topological polar surface area (TPSA) is 62.2 Å². The van der Waals surface area contributed by atoms with E-state index in [1.807, 2.05) is 36.5 Å². The molecule has 0 atom stereocenters. The fourth-order valence-electron chi connectivity index (χ4n) is 3.84. The number of carbonyl (C=O) groups is 1. The molecule has 3 heterocycles. The average molecular weight is 561 g/mol. The molecule has 10 heteroatoms. The highest BCUT2D eigenvalue weighted by atomic mass is 79.9. The van der Waals surface area contributed by atoms with Gasteiger partial charge in [-0.1, -0.05) is 39.9 Å². The van der Waals surface area contributed by atoms with Crippen molar-refractivity contribution in [2.24, 2.45) is 0 Å². The Hall–Kier alpha value is -2.53. The Morgan fingerprint density at radius 3 is 2.85 bits per heavy atom. The summed E-state index contributed by atoms with van der Waals surface area (Å²) in [5.41, 5.74) is 2.00. The molecule has 7 nitrogen and oxygen atoms in total. The molecular formula is C24H21BrN2O5S2. The number of ether oxygens (including phenoxy) is 4. The smallest absolute Gasteiger partial charge is 0.266 e. The van der Waals surface area contributed by atoms with Crippen LogP contribution in [-0.4, -0.2) is 53.4 Å². The lowest BCUT2D eigenvalue weighted by atomic mass is 10.1. The molecule has 0 aliphatic carbocycles. The van der Waals surface area contributed by atoms with E-state index in [4.69, 9.17) is 31.2 Å². The van der Waals surface area contributed by atoms with Gasteiger partial charge in [-0.25, -0.2) is 0 Å². The molecule has 0 radical (unpaired) electrons. The number of methoxy groups -OCH3 is 1. The highest BCUT2D eigenvalue weighted by Crippen LogP contribution is 2.36. The Kier molecular flexibility index (Phi) is 6.82. The average Bonchev–Trinajstić information content (AvgIpc) is 3.49. The van der Waals surface area contributed by atoms with Gasteiger partial charge in [-0.3, -0.25) is 9.69 Å². The standard InChI is InChI=1S/C24H21BrN2O5S2/c1-29-8-7-27-23(28)22(34-24(27)33)10-15-13-26(19-4-2-16(25)11-18(15)19)6-9-30-17-3-5-20-21(12-17)32-14-31-20/h2-5,10-13H,6-9,14H2,1H3/b22-10-. The number of hydrogen-bond donors (Lipinski definition) is 0. The lowest BCUT2D eigenvalue weighted by Gasteiger charge is -2.12. The van der Waals surface area contributed by atoms with Gasteiger partial charge in [-0.2, -0.15) is 0 Å². The van der Waals surface area contributed by atoms with Gasteiger partial charge in [0.2, 0.25) is 6.79 Å². The Morgan fingerprint density at radius 2 is 2.00 bits per heavy atom. The zero-order valence-electron chi connectivity index (χ0n) is 18.3. The molecule has 0 N–H and O–H groups in total. The van der Waals surface area contributed by atoms with E-state index in [-0.39, 0.29) is 12.7 Å². The van der Waals surface area contributed by atoms with Gasteiger partial charge in [0.05, 0.1) is 24.6 Å². The molecule has 0 bridgehead atoms. The second-order valence-electron chi connectivity index (χ2n) is 7.63. The molecule has 0 spiro atoms. The molecule has 0 unspecified atom stereocenters. The maximum Gasteiger partial charge on any atom is 0.266 e. The Morgan fingerprint density at radius 1 is 1.15 bits per heavy atom. The van der Waals surface area contributed by atoms with Crippen molar-refractivity contribution in [3.63, 3.8) is 0 Å². The largest absolute Gasteiger partial charge is 0.492 e. The summed E-state index contributed by atoms with van der Waals surface area (Å²) in [6, 6.07) is 11.7. The number of aromatic nitrogens is 1. The van der Waals surface area contributed by atoms with Crippen molar-refractivity contribution in [2.45, 2.75) is 6.54 Å². The highest BCUT2D eigenvalue weighted by molar-refractivity contribution is 9.10. The molecule has 1 saturated heterocycles. The van der Waals surface area contributed by atoms with Gasteiger partial charge >= 0.3 is 0 Å². The molecule has 34 heavy (non-hydrogen) atoms. The van der Waals surface area contributed by atoms with Gasteiger partial charge in [-0.05, 0) is 36.4 Å². The van der Waals surface area contributed by atoms with Crippen LogP contribution in [0.25, 0.3) is 17.0 Å². The van der Waals surface area contributed by atoms with E-state index in [1.54, 1.807) is 12.0 Å². The van der Waals surface area contributed by atoms with Crippen molar-refractivity contribution in [2.75, 3.05) is 33.7 Å². The number of carbonyl (C=O) groups excluding carboxylic acids is 1. The number of halogens is 1. The first kappa shape index (κ1) is 23.2. The zero-order valence-corrected chi connectivity index (χ0v) is 21.5. The van der Waals surface area contributed by atoms with E-state index in [9.17, 15) is 4.79 Å². The molecule has 1 fully saturated rings. The van der Waals surface area contributed by atoms with E-state index in [1.165, 1.54) is 11.8 Å². The monoisotopic (exact) mass is 560 g/mol. The van der Waals surface area contributed by atoms with Crippen molar-refractivity contribution in [3.8, 4) is 17.2 Å². The molecule has 3 aromatic rings. The Labute approximate surface area is 214 Å². The summed E-state index contributed by atoms with van der Waals surface area (Å²) < 4.78 is 25.5. The van der Waals surface area contributed by atoms with Crippen LogP contribution in [0.15, 0.2) is 52.0 Å². The number of thiocarbonyl (C=S) groups is 1. The van der Waals surface area contributed by atoms with E-state index in [2.05, 4.69) is 32.6 Å². The first-order chi connectivity index (χ1) is 16.5. The fourth-order valence-corrected chi connectivity index (χ4v) is 5.50. The molecule has 0 saturated carbocycles. The minimum absolute atomic E-state index is 0.0888. The second kappa shape index (κ2) is 9.99. The van der Waals surface area contributed by atoms with Crippen LogP contribution < -0.4 is 14.2 Å². The van der Waals surface area contributed by atoms with Crippen molar-refractivity contribution < 1.29 is 23.7 Å². The molecule has 2 aromatic carbocycles. The predicted octanol–water partition coefficient (Wildman–Crippen LogP) is 5.06. The lowest BCUT2D eigenvalue weighted by molar-refractivity contribution is -0.122. The molecule has 5 rings (SSSR count). The van der Waals surface area contributed by atoms with Crippen LogP contribution in [0.1, 0.15) is 5.56 Å². The van der Waals surface area contributed by atoms with Crippen LogP contribution in [0, 0.1) is 0 Å². The number of benzene rings is 2. The number of thioether (sulfide) groups is 1. The molecular weight excluding hydrogens is 540 g/mol. The summed E-state index contributed by atoms with van der Waals surface area (Å²) in [4.78, 5) is 15.1. The Bertz CT molecular complexity index is 1310. The normalized spacial score (nSPS) is 16.3. The van der Waals surface area contributed by atoms with Gasteiger partial charge in [0.1, 0.15) is 16.7 Å². The summed E-state index contributed by atoms with van der Waals surface area (Å²) >= 11 is 10.3. The van der Waals surface area contributed by atoms with Gasteiger partial charge < -0.3 is 23.5 Å². The Balaban J connectivity index is 1.36. The van der Waals surface area contributed by atoms with Crippen LogP contribution >= 0.6 is 39.9 Å². The number of amides is 1. The summed E-state index contributed by atoms with van der Waals surface area (Å²) in [6.07, 6.45) is 3.96. The minimum atomic E-state index is -0.0888. The predicted molar refractivity (Wildman–Crippen MR) is 139 cm³/mol. The molecule has 2 aliphatic rings. The van der Waals surface area contributed by atoms with Gasteiger partial charge in [0, 0.05) is 40.3 Å². The molecule has 176 valence electrons. The van der Waals surface area contributed by atoms with Crippen molar-refractivity contribution in [1.82, 2.24) is 9.47 Å². The van der Waals surface area contributed by atoms with Crippen LogP contribution in [0.5, 0.6) is 17.2 Å². The third-order valence-electron chi connectivity index (χ3n) is 5.50. The van der Waals surface area contributed by atoms with Crippen molar-refractivity contribution >= 4 is 67.1 Å². The summed E-state index contributed by atoms with van der Waals surface area (Å²) in [7, 11) is 1.61. The third-order valence-corrected chi connectivity index (χ3v) is 7.37. The fraction of sp³-hybridized carbons (Fsp3) is 0.250. The maximum absolute atomic E-state index is 12.9. The van der Waals surface area contributed by atoms with E-state index in [0.29, 0.717) is 41.3 Å². The third kappa shape index (κ3) is 4.68. The molecule has 1 aromatic heterocycles. The van der Waals surface area contributed by atoms with Crippen LogP contribution in [0.2, 0.25) is 0 Å². The lowest BCUT2D eigenvalue weighted by Crippen LogP contribution is -2.31. The van der Waals surface area contributed by atoms with Crippen LogP contribution in [0.3, 0.4) is 0 Å². The summed E-state index contributed by atoms with van der Waals surface area (Å²) in [6.45, 7) is 2.23. The minimum Gasteiger partial charge on any atom is -0.492 e. The molecule has 2 aliphatic heterocycles. The highest BCUT2D eigenvalue weighted by Gasteiger charge is 2.31. The zero-order chi connectivity index (χ0) is 23.7.